The molecule has 9 atom stereocenters. The number of rotatable bonds is 35. The number of carbonyl (C=O) groups excluding carboxylic acids is 8. The van der Waals surface area contributed by atoms with E-state index in [4.69, 9.17) is 28.7 Å². The molecule has 0 bridgehead atoms. The van der Waals surface area contributed by atoms with E-state index < -0.39 is 121 Å². The number of unbranched alkanes of at least 4 members (excludes halogenated alkanes) is 1. The van der Waals surface area contributed by atoms with Gasteiger partial charge in [0, 0.05) is 20.0 Å². The van der Waals surface area contributed by atoms with E-state index in [0.29, 0.717) is 38.6 Å². The van der Waals surface area contributed by atoms with Crippen molar-refractivity contribution in [1.82, 2.24) is 42.5 Å². The first-order chi connectivity index (χ1) is 32.4. The van der Waals surface area contributed by atoms with E-state index in [0.717, 1.165) is 0 Å². The van der Waals surface area contributed by atoms with Crippen LogP contribution in [0.5, 0.6) is 0 Å². The molecule has 0 rings (SSSR count). The molecule has 0 aliphatic carbocycles. The molecule has 0 aliphatic rings. The summed E-state index contributed by atoms with van der Waals surface area (Å²) < 4.78 is 0. The first-order valence-corrected chi connectivity index (χ1v) is 23.4. The van der Waals surface area contributed by atoms with Gasteiger partial charge in [-0.15, -0.1) is 0 Å². The number of nitrogens with two attached hydrogens (primary N) is 5. The molecule has 0 saturated carbocycles. The molecule has 8 amide bonds. The molecule has 26 heteroatoms. The Bertz CT molecular complexity index is 1740. The number of amides is 8. The fourth-order valence-corrected chi connectivity index (χ4v) is 6.68. The summed E-state index contributed by atoms with van der Waals surface area (Å²) in [6, 6.07) is -8.80. The SMILES string of the molecule is CC[C@H](C)[C@H](NC(=O)[C@H](CCCN=C(N)N)NC(C)=O)C(=O)N[C@H](C(=O)N[C@@H](CC(C)C)C(=O)N[C@@H](CO)C(=O)NCC(=O)N[C@@H](CCCN=C(N)N)C(=O)N[C@@H](CCCCN)C(=O)O)[C@@H](C)CC. The monoisotopic (exact) mass is 984 g/mol. The van der Waals surface area contributed by atoms with Crippen LogP contribution in [0.15, 0.2) is 9.98 Å². The van der Waals surface area contributed by atoms with Gasteiger partial charge in [-0.05, 0) is 75.7 Å². The Morgan fingerprint density at radius 2 is 0.971 bits per heavy atom. The first kappa shape index (κ1) is 62.7. The normalized spacial score (nSPS) is 14.9. The van der Waals surface area contributed by atoms with Crippen molar-refractivity contribution in [2.45, 2.75) is 155 Å². The van der Waals surface area contributed by atoms with E-state index in [1.165, 1.54) is 6.92 Å². The van der Waals surface area contributed by atoms with Gasteiger partial charge in [-0.2, -0.15) is 0 Å². The molecule has 69 heavy (non-hydrogen) atoms. The molecule has 0 fully saturated rings. The average Bonchev–Trinajstić information content (AvgIpc) is 3.28. The molecule has 20 N–H and O–H groups in total. The third-order valence-corrected chi connectivity index (χ3v) is 11.0. The Labute approximate surface area is 404 Å². The maximum absolute atomic E-state index is 14.0. The third-order valence-electron chi connectivity index (χ3n) is 11.0. The van der Waals surface area contributed by atoms with Crippen molar-refractivity contribution < 1.29 is 53.4 Å². The van der Waals surface area contributed by atoms with Gasteiger partial charge in [0.25, 0.3) is 0 Å². The molecule has 26 nitrogen and oxygen atoms in total. The number of carbonyl (C=O) groups is 9. The van der Waals surface area contributed by atoms with Gasteiger partial charge in [-0.25, -0.2) is 4.79 Å². The van der Waals surface area contributed by atoms with Gasteiger partial charge in [0.1, 0.15) is 42.3 Å². The van der Waals surface area contributed by atoms with E-state index in [-0.39, 0.29) is 63.0 Å². The van der Waals surface area contributed by atoms with E-state index in [1.807, 2.05) is 6.92 Å². The lowest BCUT2D eigenvalue weighted by molar-refractivity contribution is -0.142. The number of aliphatic hydroxyl groups excluding tert-OH is 1. The number of hydrogen-bond acceptors (Lipinski definition) is 13. The summed E-state index contributed by atoms with van der Waals surface area (Å²) in [5.41, 5.74) is 27.0. The van der Waals surface area contributed by atoms with Crippen molar-refractivity contribution in [1.29, 1.82) is 0 Å². The van der Waals surface area contributed by atoms with Gasteiger partial charge < -0.3 is 81.4 Å². The Morgan fingerprint density at radius 3 is 1.42 bits per heavy atom. The summed E-state index contributed by atoms with van der Waals surface area (Å²) in [7, 11) is 0. The molecule has 0 heterocycles. The molecule has 0 unspecified atom stereocenters. The zero-order chi connectivity index (χ0) is 52.8. The van der Waals surface area contributed by atoms with Crippen LogP contribution in [0.3, 0.4) is 0 Å². The van der Waals surface area contributed by atoms with Crippen LogP contribution in [-0.4, -0.2) is 150 Å². The molecular formula is C43H81N15O11. The van der Waals surface area contributed by atoms with Gasteiger partial charge in [0.2, 0.25) is 47.3 Å². The maximum atomic E-state index is 14.0. The molecule has 0 aromatic rings. The van der Waals surface area contributed by atoms with Crippen LogP contribution in [0.1, 0.15) is 113 Å². The molecule has 0 aromatic heterocycles. The molecule has 0 aromatic carbocycles. The standard InChI is InChI=1S/C43H81N15O11/c1-8-24(5)33(58-40(67)34(25(6)9-2)57-37(64)27(52-26(7)60)15-12-18-49-42(45)46)39(66)55-30(20-23(3)4)38(65)56-31(22-59)35(62)51-21-32(61)53-28(16-13-19-50-43(47)48)36(63)54-29(41(68)69)14-10-11-17-44/h23-25,27-31,33-34,59H,8-22,44H2,1-7H3,(H,51,62)(H,52,60)(H,53,61)(H,54,63)(H,55,66)(H,56,65)(H,57,64)(H,58,67)(H,68,69)(H4,45,46,49)(H4,47,48,50)/t24-,25-,27-,28-,29-,30-,31-,33-,34-/m0/s1. The number of aliphatic carboxylic acids is 1. The minimum Gasteiger partial charge on any atom is -0.480 e. The number of nitrogens with zero attached hydrogens (tertiary/aromatic N) is 2. The smallest absolute Gasteiger partial charge is 0.326 e. The van der Waals surface area contributed by atoms with Crippen molar-refractivity contribution in [3.05, 3.63) is 0 Å². The fraction of sp³-hybridized carbons (Fsp3) is 0.744. The van der Waals surface area contributed by atoms with Crippen LogP contribution in [-0.2, 0) is 43.2 Å². The highest BCUT2D eigenvalue weighted by Crippen LogP contribution is 2.15. The second-order valence-corrected chi connectivity index (χ2v) is 17.4. The van der Waals surface area contributed by atoms with Gasteiger partial charge in [0.05, 0.1) is 13.2 Å². The Hall–Kier alpha value is -6.31. The highest BCUT2D eigenvalue weighted by Gasteiger charge is 2.36. The quantitative estimate of drug-likeness (QED) is 0.0163. The molecule has 394 valence electrons. The summed E-state index contributed by atoms with van der Waals surface area (Å²) in [4.78, 5) is 126. The zero-order valence-corrected chi connectivity index (χ0v) is 41.2. The maximum Gasteiger partial charge on any atom is 0.326 e. The van der Waals surface area contributed by atoms with Gasteiger partial charge in [-0.3, -0.25) is 48.3 Å². The topological polar surface area (TPSA) is 445 Å². The Balaban J connectivity index is 6.14. The lowest BCUT2D eigenvalue weighted by Gasteiger charge is -2.31. The third kappa shape index (κ3) is 26.1. The van der Waals surface area contributed by atoms with E-state index >= 15 is 0 Å². The van der Waals surface area contributed by atoms with Crippen LogP contribution in [0.2, 0.25) is 0 Å². The molecule has 0 aliphatic heterocycles. The van der Waals surface area contributed by atoms with Crippen LogP contribution >= 0.6 is 0 Å². The largest absolute Gasteiger partial charge is 0.480 e. The predicted molar refractivity (Wildman–Crippen MR) is 258 cm³/mol. The minimum absolute atomic E-state index is 0.0176. The number of guanidine groups is 2. The van der Waals surface area contributed by atoms with Crippen molar-refractivity contribution in [2.75, 3.05) is 32.8 Å². The Morgan fingerprint density at radius 1 is 0.536 bits per heavy atom. The highest BCUT2D eigenvalue weighted by molar-refractivity contribution is 5.97. The highest BCUT2D eigenvalue weighted by atomic mass is 16.4. The zero-order valence-electron chi connectivity index (χ0n) is 41.2. The van der Waals surface area contributed by atoms with Crippen molar-refractivity contribution in [3.63, 3.8) is 0 Å². The van der Waals surface area contributed by atoms with Crippen molar-refractivity contribution in [3.8, 4) is 0 Å². The van der Waals surface area contributed by atoms with Gasteiger partial charge >= 0.3 is 5.97 Å². The number of nitrogens with one attached hydrogen (secondary N) is 8. The van der Waals surface area contributed by atoms with E-state index in [9.17, 15) is 53.4 Å². The number of carboxylic acid groups (broad SMARTS) is 1. The van der Waals surface area contributed by atoms with Crippen LogP contribution in [0, 0.1) is 17.8 Å². The van der Waals surface area contributed by atoms with Crippen molar-refractivity contribution in [2.24, 2.45) is 56.4 Å². The van der Waals surface area contributed by atoms with Gasteiger partial charge in [0.15, 0.2) is 11.9 Å². The van der Waals surface area contributed by atoms with Crippen LogP contribution < -0.4 is 71.2 Å². The lowest BCUT2D eigenvalue weighted by atomic mass is 9.94. The molecule has 0 spiro atoms. The van der Waals surface area contributed by atoms with Crippen molar-refractivity contribution >= 4 is 65.1 Å². The number of aliphatic hydroxyl groups is 1. The first-order valence-electron chi connectivity index (χ1n) is 23.4. The van der Waals surface area contributed by atoms with E-state index in [2.05, 4.69) is 52.5 Å². The molecular weight excluding hydrogens is 903 g/mol. The summed E-state index contributed by atoms with van der Waals surface area (Å²) in [6.07, 6.45) is 2.61. The number of aliphatic imine (C=N–C) groups is 2. The number of carboxylic acids is 1. The number of hydrogen-bond donors (Lipinski definition) is 15. The second kappa shape index (κ2) is 34.0. The summed E-state index contributed by atoms with van der Waals surface area (Å²) in [6.45, 7) is 10.8. The molecule has 0 saturated heterocycles. The molecule has 0 radical (unpaired) electrons. The average molecular weight is 984 g/mol. The van der Waals surface area contributed by atoms with Crippen LogP contribution in [0.4, 0.5) is 0 Å². The predicted octanol–water partition coefficient (Wildman–Crippen LogP) is -4.03. The summed E-state index contributed by atoms with van der Waals surface area (Å²) in [5, 5.41) is 40.1. The van der Waals surface area contributed by atoms with Crippen LogP contribution in [0.25, 0.3) is 0 Å². The fourth-order valence-electron chi connectivity index (χ4n) is 6.68. The summed E-state index contributed by atoms with van der Waals surface area (Å²) >= 11 is 0. The van der Waals surface area contributed by atoms with Gasteiger partial charge in [-0.1, -0.05) is 54.4 Å². The summed E-state index contributed by atoms with van der Waals surface area (Å²) in [5.74, 6) is -8.81. The minimum atomic E-state index is -1.61. The van der Waals surface area contributed by atoms with E-state index in [1.54, 1.807) is 34.6 Å². The second-order valence-electron chi connectivity index (χ2n) is 17.4. The lowest BCUT2D eigenvalue weighted by Crippen LogP contribution is -2.61. The Kier molecular flexibility index (Phi) is 30.9.